The van der Waals surface area contributed by atoms with E-state index in [4.69, 9.17) is 4.74 Å². The molecule has 0 amide bonds. The molecule has 0 radical (unpaired) electrons. The van der Waals surface area contributed by atoms with Crippen LogP contribution in [0.15, 0.2) is 17.1 Å². The van der Waals surface area contributed by atoms with Gasteiger partial charge in [-0.05, 0) is 13.8 Å². The molecule has 0 spiro atoms. The van der Waals surface area contributed by atoms with Gasteiger partial charge in [0.2, 0.25) is 5.43 Å². The summed E-state index contributed by atoms with van der Waals surface area (Å²) < 4.78 is 46.9. The molecule has 0 unspecified atom stereocenters. The molecular formula is C14H12F3NO3. The van der Waals surface area contributed by atoms with E-state index in [1.54, 1.807) is 6.92 Å². The van der Waals surface area contributed by atoms with Crippen LogP contribution in [0.4, 0.5) is 13.2 Å². The highest BCUT2D eigenvalue weighted by atomic mass is 19.2. The number of aromatic nitrogens is 1. The molecule has 7 heteroatoms. The van der Waals surface area contributed by atoms with Crippen molar-refractivity contribution in [1.29, 1.82) is 0 Å². The maximum atomic E-state index is 13.9. The van der Waals surface area contributed by atoms with Gasteiger partial charge < -0.3 is 9.30 Å². The summed E-state index contributed by atoms with van der Waals surface area (Å²) in [7, 11) is 0. The van der Waals surface area contributed by atoms with Crippen molar-refractivity contribution in [2.45, 2.75) is 20.4 Å². The summed E-state index contributed by atoms with van der Waals surface area (Å²) in [6.07, 6.45) is 1.09. The normalized spacial score (nSPS) is 10.9. The number of carbonyl (C=O) groups is 1. The van der Waals surface area contributed by atoms with Crippen molar-refractivity contribution in [1.82, 2.24) is 4.57 Å². The molecule has 0 N–H and O–H groups in total. The van der Waals surface area contributed by atoms with Crippen molar-refractivity contribution < 1.29 is 22.7 Å². The van der Waals surface area contributed by atoms with Crippen molar-refractivity contribution in [3.05, 3.63) is 45.5 Å². The SMILES string of the molecule is CCOC(=O)c1cn(CC)c2c(F)cc(F)c(F)c2c1=O. The molecule has 4 nitrogen and oxygen atoms in total. The van der Waals surface area contributed by atoms with Crippen molar-refractivity contribution in [2.75, 3.05) is 6.61 Å². The molecule has 2 aromatic rings. The number of hydrogen-bond donors (Lipinski definition) is 0. The summed E-state index contributed by atoms with van der Waals surface area (Å²) in [5.74, 6) is -5.00. The summed E-state index contributed by atoms with van der Waals surface area (Å²) >= 11 is 0. The Morgan fingerprint density at radius 3 is 2.48 bits per heavy atom. The topological polar surface area (TPSA) is 48.3 Å². The molecule has 0 aliphatic rings. The van der Waals surface area contributed by atoms with Gasteiger partial charge in [-0.15, -0.1) is 0 Å². The van der Waals surface area contributed by atoms with Crippen LogP contribution in [0.5, 0.6) is 0 Å². The number of pyridine rings is 1. The van der Waals surface area contributed by atoms with Crippen molar-refractivity contribution in [3.63, 3.8) is 0 Å². The molecule has 0 saturated carbocycles. The van der Waals surface area contributed by atoms with Gasteiger partial charge in [-0.2, -0.15) is 0 Å². The minimum atomic E-state index is -1.49. The number of carbonyl (C=O) groups excluding carboxylic acids is 1. The van der Waals surface area contributed by atoms with Gasteiger partial charge in [0.1, 0.15) is 5.56 Å². The van der Waals surface area contributed by atoms with E-state index in [-0.39, 0.29) is 18.7 Å². The predicted octanol–water partition coefficient (Wildman–Crippen LogP) is 2.62. The fraction of sp³-hybridized carbons (Fsp3) is 0.286. The third-order valence-corrected chi connectivity index (χ3v) is 3.03. The van der Waals surface area contributed by atoms with Crippen LogP contribution < -0.4 is 5.43 Å². The number of rotatable bonds is 3. The number of ether oxygens (including phenoxy) is 1. The van der Waals surface area contributed by atoms with Crippen LogP contribution in [-0.4, -0.2) is 17.1 Å². The lowest BCUT2D eigenvalue weighted by atomic mass is 10.1. The van der Waals surface area contributed by atoms with E-state index in [9.17, 15) is 22.8 Å². The van der Waals surface area contributed by atoms with Crippen LogP contribution in [0.25, 0.3) is 10.9 Å². The second-order valence-corrected chi connectivity index (χ2v) is 4.26. The van der Waals surface area contributed by atoms with Gasteiger partial charge in [-0.3, -0.25) is 4.79 Å². The van der Waals surface area contributed by atoms with Gasteiger partial charge >= 0.3 is 5.97 Å². The second-order valence-electron chi connectivity index (χ2n) is 4.26. The minimum Gasteiger partial charge on any atom is -0.462 e. The lowest BCUT2D eigenvalue weighted by Gasteiger charge is -2.12. The van der Waals surface area contributed by atoms with Gasteiger partial charge in [-0.1, -0.05) is 0 Å². The van der Waals surface area contributed by atoms with Gasteiger partial charge in [-0.25, -0.2) is 18.0 Å². The lowest BCUT2D eigenvalue weighted by Crippen LogP contribution is -2.22. The van der Waals surface area contributed by atoms with Crippen molar-refractivity contribution in [2.24, 2.45) is 0 Å². The Morgan fingerprint density at radius 2 is 1.90 bits per heavy atom. The highest BCUT2D eigenvalue weighted by molar-refractivity contribution is 5.94. The fourth-order valence-electron chi connectivity index (χ4n) is 2.09. The van der Waals surface area contributed by atoms with Gasteiger partial charge in [0, 0.05) is 18.8 Å². The van der Waals surface area contributed by atoms with E-state index < -0.39 is 39.8 Å². The van der Waals surface area contributed by atoms with E-state index in [0.717, 1.165) is 6.20 Å². The first-order valence-electron chi connectivity index (χ1n) is 6.30. The molecule has 0 atom stereocenters. The van der Waals surface area contributed by atoms with E-state index in [0.29, 0.717) is 6.07 Å². The maximum absolute atomic E-state index is 13.9. The second kappa shape index (κ2) is 5.59. The minimum absolute atomic E-state index is 0.0163. The first-order valence-corrected chi connectivity index (χ1v) is 6.30. The van der Waals surface area contributed by atoms with E-state index in [1.165, 1.54) is 11.5 Å². The third kappa shape index (κ3) is 2.39. The zero-order valence-electron chi connectivity index (χ0n) is 11.4. The van der Waals surface area contributed by atoms with Gasteiger partial charge in [0.25, 0.3) is 0 Å². The standard InChI is InChI=1S/C14H12F3NO3/c1-3-18-6-7(14(20)21-4-2)13(19)10-11(17)8(15)5-9(16)12(10)18/h5-6H,3-4H2,1-2H3. The molecule has 0 aliphatic heterocycles. The number of halogens is 3. The first-order chi connectivity index (χ1) is 9.92. The molecule has 0 saturated heterocycles. The average molecular weight is 299 g/mol. The summed E-state index contributed by atoms with van der Waals surface area (Å²) in [4.78, 5) is 23.9. The Morgan fingerprint density at radius 1 is 1.24 bits per heavy atom. The Balaban J connectivity index is 2.95. The van der Waals surface area contributed by atoms with Crippen LogP contribution in [0, 0.1) is 17.5 Å². The van der Waals surface area contributed by atoms with Crippen LogP contribution in [0.2, 0.25) is 0 Å². The molecule has 1 aromatic carbocycles. The Kier molecular flexibility index (Phi) is 4.02. The summed E-state index contributed by atoms with van der Waals surface area (Å²) in [6, 6.07) is 0.368. The zero-order chi connectivity index (χ0) is 15.7. The Bertz CT molecular complexity index is 783. The predicted molar refractivity (Wildman–Crippen MR) is 69.7 cm³/mol. The maximum Gasteiger partial charge on any atom is 0.343 e. The number of fused-ring (bicyclic) bond motifs is 1. The highest BCUT2D eigenvalue weighted by Gasteiger charge is 2.23. The third-order valence-electron chi connectivity index (χ3n) is 3.03. The summed E-state index contributed by atoms with van der Waals surface area (Å²) in [6.45, 7) is 3.32. The lowest BCUT2D eigenvalue weighted by molar-refractivity contribution is 0.0524. The molecule has 2 rings (SSSR count). The fourth-order valence-corrected chi connectivity index (χ4v) is 2.09. The summed E-state index contributed by atoms with van der Waals surface area (Å²) in [5.41, 5.74) is -1.94. The molecule has 0 bridgehead atoms. The Hall–Kier alpha value is -2.31. The van der Waals surface area contributed by atoms with E-state index in [2.05, 4.69) is 0 Å². The number of aryl methyl sites for hydroxylation is 1. The quantitative estimate of drug-likeness (QED) is 0.646. The van der Waals surface area contributed by atoms with Crippen LogP contribution in [0.1, 0.15) is 24.2 Å². The molecule has 0 aliphatic carbocycles. The number of esters is 1. The first kappa shape index (κ1) is 15.1. The number of hydrogen-bond acceptors (Lipinski definition) is 3. The monoisotopic (exact) mass is 299 g/mol. The van der Waals surface area contributed by atoms with Crippen LogP contribution in [-0.2, 0) is 11.3 Å². The average Bonchev–Trinajstić information content (AvgIpc) is 2.44. The van der Waals surface area contributed by atoms with E-state index >= 15 is 0 Å². The molecule has 112 valence electrons. The number of benzene rings is 1. The largest absolute Gasteiger partial charge is 0.462 e. The number of nitrogens with zero attached hydrogens (tertiary/aromatic N) is 1. The van der Waals surface area contributed by atoms with E-state index in [1.807, 2.05) is 0 Å². The van der Waals surface area contributed by atoms with Gasteiger partial charge in [0.05, 0.1) is 17.5 Å². The molecule has 0 fully saturated rings. The molecule has 21 heavy (non-hydrogen) atoms. The molecule has 1 heterocycles. The van der Waals surface area contributed by atoms with Crippen molar-refractivity contribution in [3.8, 4) is 0 Å². The smallest absolute Gasteiger partial charge is 0.343 e. The van der Waals surface area contributed by atoms with Crippen molar-refractivity contribution >= 4 is 16.9 Å². The van der Waals surface area contributed by atoms with Crippen LogP contribution in [0.3, 0.4) is 0 Å². The Labute approximate surface area is 117 Å². The zero-order valence-corrected chi connectivity index (χ0v) is 11.4. The molecular weight excluding hydrogens is 287 g/mol. The molecule has 1 aromatic heterocycles. The summed E-state index contributed by atoms with van der Waals surface area (Å²) in [5, 5.41) is -0.792. The van der Waals surface area contributed by atoms with Crippen LogP contribution >= 0.6 is 0 Å². The van der Waals surface area contributed by atoms with Gasteiger partial charge in [0.15, 0.2) is 17.5 Å². The highest BCUT2D eigenvalue weighted by Crippen LogP contribution is 2.22.